The Labute approximate surface area is 194 Å². The molecule has 1 unspecified atom stereocenters. The van der Waals surface area contributed by atoms with E-state index in [1.807, 2.05) is 43.4 Å². The second kappa shape index (κ2) is 11.6. The number of anilines is 1. The molecule has 2 aromatic rings. The number of hydrogen-bond acceptors (Lipinski definition) is 4. The monoisotopic (exact) mass is 524 g/mol. The number of carbonyl (C=O) groups is 1. The maximum absolute atomic E-state index is 11.3. The van der Waals surface area contributed by atoms with Crippen LogP contribution in [0, 0.1) is 0 Å². The van der Waals surface area contributed by atoms with Crippen LogP contribution in [-0.2, 0) is 11.3 Å². The van der Waals surface area contributed by atoms with Crippen LogP contribution in [0.25, 0.3) is 0 Å². The summed E-state index contributed by atoms with van der Waals surface area (Å²) in [5.74, 6) is 2.27. The van der Waals surface area contributed by atoms with Crippen molar-refractivity contribution in [2.75, 3.05) is 39.7 Å². The van der Waals surface area contributed by atoms with Gasteiger partial charge in [0.15, 0.2) is 5.96 Å². The van der Waals surface area contributed by atoms with E-state index in [0.29, 0.717) is 18.2 Å². The summed E-state index contributed by atoms with van der Waals surface area (Å²) in [5, 5.41) is 6.08. The minimum absolute atomic E-state index is 0. The number of halogens is 1. The first kappa shape index (κ1) is 23.8. The lowest BCUT2D eigenvalue weighted by molar-refractivity contribution is 0.187. The van der Waals surface area contributed by atoms with Crippen molar-refractivity contribution < 1.29 is 14.3 Å². The SMILES string of the molecule is CN=C(NCc1ccc(NC(=O)OC)cc1)N1CCC(c2ccc(OC)cc2)C1.I. The largest absolute Gasteiger partial charge is 0.497 e. The molecule has 1 saturated heterocycles. The Bertz CT molecular complexity index is 840. The first-order valence-electron chi connectivity index (χ1n) is 9.66. The third-order valence-corrected chi connectivity index (χ3v) is 5.12. The standard InChI is InChI=1S/C22H28N4O3.HI/c1-23-21(24-14-16-4-8-19(9-5-16)25-22(27)29-3)26-13-12-18(15-26)17-6-10-20(28-2)11-7-17;/h4-11,18H,12-15H2,1-3H3,(H,23,24)(H,25,27);1H. The van der Waals surface area contributed by atoms with Crippen molar-refractivity contribution in [2.24, 2.45) is 4.99 Å². The minimum atomic E-state index is -0.475. The number of nitrogens with one attached hydrogen (secondary N) is 2. The smallest absolute Gasteiger partial charge is 0.411 e. The number of carbonyl (C=O) groups excluding carboxylic acids is 1. The van der Waals surface area contributed by atoms with Crippen molar-refractivity contribution in [1.29, 1.82) is 0 Å². The molecule has 7 nitrogen and oxygen atoms in total. The summed E-state index contributed by atoms with van der Waals surface area (Å²) < 4.78 is 9.85. The molecule has 2 N–H and O–H groups in total. The molecule has 0 spiro atoms. The van der Waals surface area contributed by atoms with E-state index in [1.165, 1.54) is 12.7 Å². The van der Waals surface area contributed by atoms with Gasteiger partial charge in [-0.3, -0.25) is 10.3 Å². The Balaban J connectivity index is 0.00000320. The highest BCUT2D eigenvalue weighted by Crippen LogP contribution is 2.28. The van der Waals surface area contributed by atoms with E-state index in [4.69, 9.17) is 4.74 Å². The van der Waals surface area contributed by atoms with Gasteiger partial charge < -0.3 is 19.7 Å². The molecule has 0 saturated carbocycles. The number of amides is 1. The van der Waals surface area contributed by atoms with Crippen molar-refractivity contribution in [3.05, 3.63) is 59.7 Å². The van der Waals surface area contributed by atoms with Crippen molar-refractivity contribution in [2.45, 2.75) is 18.9 Å². The third-order valence-electron chi connectivity index (χ3n) is 5.12. The average Bonchev–Trinajstić information content (AvgIpc) is 3.25. The number of benzene rings is 2. The van der Waals surface area contributed by atoms with Crippen molar-refractivity contribution in [1.82, 2.24) is 10.2 Å². The lowest BCUT2D eigenvalue weighted by atomic mass is 9.98. The van der Waals surface area contributed by atoms with Crippen LogP contribution < -0.4 is 15.4 Å². The summed E-state index contributed by atoms with van der Waals surface area (Å²) in [7, 11) is 4.84. The van der Waals surface area contributed by atoms with Crippen LogP contribution >= 0.6 is 24.0 Å². The number of nitrogens with zero attached hydrogens (tertiary/aromatic N) is 2. The number of guanidine groups is 1. The van der Waals surface area contributed by atoms with Gasteiger partial charge in [0, 0.05) is 38.3 Å². The molecule has 2 aromatic carbocycles. The highest BCUT2D eigenvalue weighted by molar-refractivity contribution is 14.0. The molecule has 1 fully saturated rings. The van der Waals surface area contributed by atoms with E-state index in [2.05, 4.69) is 37.4 Å². The molecule has 1 amide bonds. The van der Waals surface area contributed by atoms with Crippen LogP contribution in [0.4, 0.5) is 10.5 Å². The number of ether oxygens (including phenoxy) is 2. The molecule has 0 aromatic heterocycles. The Kier molecular flexibility index (Phi) is 9.22. The fourth-order valence-electron chi connectivity index (χ4n) is 3.49. The lowest BCUT2D eigenvalue weighted by Crippen LogP contribution is -2.39. The molecule has 3 rings (SSSR count). The number of likely N-dealkylation sites (tertiary alicyclic amines) is 1. The molecule has 162 valence electrons. The van der Waals surface area contributed by atoms with Gasteiger partial charge in [-0.05, 0) is 41.8 Å². The van der Waals surface area contributed by atoms with Gasteiger partial charge in [-0.15, -0.1) is 24.0 Å². The van der Waals surface area contributed by atoms with Crippen molar-refractivity contribution >= 4 is 41.7 Å². The number of hydrogen-bond donors (Lipinski definition) is 2. The average molecular weight is 524 g/mol. The molecule has 0 bridgehead atoms. The molecule has 1 aliphatic rings. The van der Waals surface area contributed by atoms with Gasteiger partial charge >= 0.3 is 6.09 Å². The maximum Gasteiger partial charge on any atom is 0.411 e. The van der Waals surface area contributed by atoms with Gasteiger partial charge in [0.05, 0.1) is 14.2 Å². The van der Waals surface area contributed by atoms with Gasteiger partial charge in [-0.1, -0.05) is 24.3 Å². The summed E-state index contributed by atoms with van der Waals surface area (Å²) in [4.78, 5) is 18.0. The lowest BCUT2D eigenvalue weighted by Gasteiger charge is -2.22. The highest BCUT2D eigenvalue weighted by atomic mass is 127. The zero-order valence-corrected chi connectivity index (χ0v) is 19.9. The fourth-order valence-corrected chi connectivity index (χ4v) is 3.49. The van der Waals surface area contributed by atoms with E-state index < -0.39 is 6.09 Å². The van der Waals surface area contributed by atoms with Crippen LogP contribution in [0.3, 0.4) is 0 Å². The van der Waals surface area contributed by atoms with Gasteiger partial charge in [-0.25, -0.2) is 4.79 Å². The third kappa shape index (κ3) is 6.25. The van der Waals surface area contributed by atoms with E-state index in [1.54, 1.807) is 7.11 Å². The minimum Gasteiger partial charge on any atom is -0.497 e. The molecule has 1 aliphatic heterocycles. The Morgan fingerprint density at radius 2 is 1.83 bits per heavy atom. The summed E-state index contributed by atoms with van der Waals surface area (Å²) >= 11 is 0. The first-order chi connectivity index (χ1) is 14.1. The van der Waals surface area contributed by atoms with Gasteiger partial charge in [0.2, 0.25) is 0 Å². The normalized spacial score (nSPS) is 15.9. The van der Waals surface area contributed by atoms with E-state index in [9.17, 15) is 4.79 Å². The quantitative estimate of drug-likeness (QED) is 0.351. The van der Waals surface area contributed by atoms with Crippen molar-refractivity contribution in [3.8, 4) is 5.75 Å². The van der Waals surface area contributed by atoms with Crippen molar-refractivity contribution in [3.63, 3.8) is 0 Å². The predicted octanol–water partition coefficient (Wildman–Crippen LogP) is 4.06. The van der Waals surface area contributed by atoms with Gasteiger partial charge in [0.25, 0.3) is 0 Å². The number of rotatable bonds is 5. The maximum atomic E-state index is 11.3. The summed E-state index contributed by atoms with van der Waals surface area (Å²) in [6, 6.07) is 16.0. The van der Waals surface area contributed by atoms with Crippen LogP contribution in [0.15, 0.2) is 53.5 Å². The van der Waals surface area contributed by atoms with Crippen LogP contribution in [0.5, 0.6) is 5.75 Å². The molecule has 0 aliphatic carbocycles. The van der Waals surface area contributed by atoms with Gasteiger partial charge in [-0.2, -0.15) is 0 Å². The molecule has 0 radical (unpaired) electrons. The highest BCUT2D eigenvalue weighted by Gasteiger charge is 2.26. The van der Waals surface area contributed by atoms with Crippen LogP contribution in [0.1, 0.15) is 23.5 Å². The Hall–Kier alpha value is -2.49. The zero-order valence-electron chi connectivity index (χ0n) is 17.6. The van der Waals surface area contributed by atoms with Crippen LogP contribution in [0.2, 0.25) is 0 Å². The summed E-state index contributed by atoms with van der Waals surface area (Å²) in [6.07, 6.45) is 0.623. The molecular weight excluding hydrogens is 495 g/mol. The predicted molar refractivity (Wildman–Crippen MR) is 130 cm³/mol. The van der Waals surface area contributed by atoms with Gasteiger partial charge in [0.1, 0.15) is 5.75 Å². The fraction of sp³-hybridized carbons (Fsp3) is 0.364. The van der Waals surface area contributed by atoms with E-state index in [-0.39, 0.29) is 24.0 Å². The van der Waals surface area contributed by atoms with E-state index >= 15 is 0 Å². The molecule has 30 heavy (non-hydrogen) atoms. The topological polar surface area (TPSA) is 75.2 Å². The molecule has 1 atom stereocenters. The first-order valence-corrected chi connectivity index (χ1v) is 9.66. The molecule has 8 heteroatoms. The Morgan fingerprint density at radius 3 is 2.43 bits per heavy atom. The number of aliphatic imine (C=N–C) groups is 1. The second-order valence-electron chi connectivity index (χ2n) is 6.92. The summed E-state index contributed by atoms with van der Waals surface area (Å²) in [6.45, 7) is 2.57. The van der Waals surface area contributed by atoms with E-state index in [0.717, 1.165) is 36.8 Å². The zero-order chi connectivity index (χ0) is 20.6. The Morgan fingerprint density at radius 1 is 1.13 bits per heavy atom. The molecular formula is C22H29IN4O3. The summed E-state index contributed by atoms with van der Waals surface area (Å²) in [5.41, 5.74) is 3.14. The molecule has 1 heterocycles. The number of methoxy groups -OCH3 is 2. The van der Waals surface area contributed by atoms with Crippen LogP contribution in [-0.4, -0.2) is 51.3 Å². The second-order valence-corrected chi connectivity index (χ2v) is 6.92.